The highest BCUT2D eigenvalue weighted by atomic mass is 16.4. The topological polar surface area (TPSA) is 49.7 Å². The van der Waals surface area contributed by atoms with Crippen LogP contribution >= 0.6 is 0 Å². The fraction of sp³-hybridized carbons (Fsp3) is 0.273. The number of rotatable bonds is 1. The molecule has 1 unspecified atom stereocenters. The molecule has 0 aromatic heterocycles. The maximum Gasteiger partial charge on any atom is 0.335 e. The van der Waals surface area contributed by atoms with Gasteiger partial charge in [0.15, 0.2) is 0 Å². The fourth-order valence-corrected chi connectivity index (χ4v) is 1.65. The maximum atomic E-state index is 10.8. The first-order valence-corrected chi connectivity index (χ1v) is 4.52. The number of fused-ring (bicyclic) bond motifs is 1. The van der Waals surface area contributed by atoms with Gasteiger partial charge in [-0.2, -0.15) is 0 Å². The van der Waals surface area contributed by atoms with E-state index in [1.165, 1.54) is 0 Å². The van der Waals surface area contributed by atoms with Crippen LogP contribution in [0.15, 0.2) is 23.2 Å². The monoisotopic (exact) mass is 189 g/mol. The molecule has 1 aliphatic rings. The van der Waals surface area contributed by atoms with Crippen molar-refractivity contribution in [3.05, 3.63) is 29.3 Å². The van der Waals surface area contributed by atoms with Gasteiger partial charge in [0.1, 0.15) is 0 Å². The molecular formula is C11H11NO2. The Morgan fingerprint density at radius 2 is 2.21 bits per heavy atom. The van der Waals surface area contributed by atoms with Gasteiger partial charge < -0.3 is 5.11 Å². The summed E-state index contributed by atoms with van der Waals surface area (Å²) in [6.07, 6.45) is 0. The Kier molecular flexibility index (Phi) is 1.88. The zero-order valence-electron chi connectivity index (χ0n) is 8.11. The first-order chi connectivity index (χ1) is 6.59. The number of aliphatic imine (C=N–C) groups is 1. The Morgan fingerprint density at radius 3 is 2.86 bits per heavy atom. The summed E-state index contributed by atoms with van der Waals surface area (Å²) in [5.74, 6) is -0.645. The third kappa shape index (κ3) is 1.21. The molecule has 0 fully saturated rings. The standard InChI is InChI=1S/C11H11NO2/c1-6-7(2)12-10-4-3-8(11(13)14)5-9(6)10/h3-6H,1-2H3,(H,13,14). The molecule has 14 heavy (non-hydrogen) atoms. The third-order valence-electron chi connectivity index (χ3n) is 2.66. The van der Waals surface area contributed by atoms with E-state index in [1.807, 2.05) is 13.8 Å². The van der Waals surface area contributed by atoms with Crippen LogP contribution in [0.5, 0.6) is 0 Å². The van der Waals surface area contributed by atoms with E-state index >= 15 is 0 Å². The Bertz CT molecular complexity index is 435. The molecule has 3 heteroatoms. The number of benzene rings is 1. The average molecular weight is 189 g/mol. The second kappa shape index (κ2) is 2.94. The molecule has 1 heterocycles. The van der Waals surface area contributed by atoms with Crippen LogP contribution < -0.4 is 0 Å². The Labute approximate surface area is 82.1 Å². The highest BCUT2D eigenvalue weighted by Gasteiger charge is 2.21. The molecule has 0 amide bonds. The van der Waals surface area contributed by atoms with Crippen molar-refractivity contribution in [2.45, 2.75) is 19.8 Å². The van der Waals surface area contributed by atoms with Gasteiger partial charge in [0.05, 0.1) is 11.3 Å². The van der Waals surface area contributed by atoms with Gasteiger partial charge in [0.25, 0.3) is 0 Å². The Balaban J connectivity index is 2.51. The quantitative estimate of drug-likeness (QED) is 0.738. The minimum absolute atomic E-state index is 0.240. The molecule has 1 atom stereocenters. The van der Waals surface area contributed by atoms with E-state index in [-0.39, 0.29) is 5.92 Å². The molecule has 0 bridgehead atoms. The fourth-order valence-electron chi connectivity index (χ4n) is 1.65. The molecule has 2 rings (SSSR count). The number of carboxylic acid groups (broad SMARTS) is 1. The number of hydrogen-bond acceptors (Lipinski definition) is 2. The normalized spacial score (nSPS) is 19.0. The van der Waals surface area contributed by atoms with Crippen molar-refractivity contribution in [2.75, 3.05) is 0 Å². The van der Waals surface area contributed by atoms with Crippen molar-refractivity contribution < 1.29 is 9.90 Å². The third-order valence-corrected chi connectivity index (χ3v) is 2.66. The van der Waals surface area contributed by atoms with Crippen molar-refractivity contribution in [1.29, 1.82) is 0 Å². The molecule has 0 saturated carbocycles. The van der Waals surface area contributed by atoms with Gasteiger partial charge in [-0.25, -0.2) is 4.79 Å². The summed E-state index contributed by atoms with van der Waals surface area (Å²) >= 11 is 0. The number of carboxylic acids is 1. The van der Waals surface area contributed by atoms with E-state index in [0.29, 0.717) is 5.56 Å². The first kappa shape index (κ1) is 8.94. The minimum Gasteiger partial charge on any atom is -0.478 e. The van der Waals surface area contributed by atoms with Crippen molar-refractivity contribution in [3.63, 3.8) is 0 Å². The van der Waals surface area contributed by atoms with Gasteiger partial charge >= 0.3 is 5.97 Å². The molecule has 1 N–H and O–H groups in total. The van der Waals surface area contributed by atoms with E-state index in [9.17, 15) is 4.79 Å². The predicted octanol–water partition coefficient (Wildman–Crippen LogP) is 2.59. The zero-order valence-corrected chi connectivity index (χ0v) is 8.11. The van der Waals surface area contributed by atoms with Crippen LogP contribution in [0, 0.1) is 0 Å². The van der Waals surface area contributed by atoms with Crippen molar-refractivity contribution in [1.82, 2.24) is 0 Å². The summed E-state index contributed by atoms with van der Waals surface area (Å²) in [7, 11) is 0. The van der Waals surface area contributed by atoms with E-state index in [0.717, 1.165) is 17.0 Å². The Morgan fingerprint density at radius 1 is 1.50 bits per heavy atom. The molecule has 0 spiro atoms. The van der Waals surface area contributed by atoms with Gasteiger partial charge in [-0.15, -0.1) is 0 Å². The van der Waals surface area contributed by atoms with Crippen molar-refractivity contribution in [2.24, 2.45) is 4.99 Å². The second-order valence-corrected chi connectivity index (χ2v) is 3.55. The summed E-state index contributed by atoms with van der Waals surface area (Å²) in [6, 6.07) is 5.07. The first-order valence-electron chi connectivity index (χ1n) is 4.52. The van der Waals surface area contributed by atoms with Gasteiger partial charge in [0, 0.05) is 11.6 Å². The zero-order chi connectivity index (χ0) is 10.3. The molecule has 1 aromatic carbocycles. The number of hydrogen-bond donors (Lipinski definition) is 1. The minimum atomic E-state index is -0.885. The molecular weight excluding hydrogens is 178 g/mol. The number of nitrogens with zero attached hydrogens (tertiary/aromatic N) is 1. The SMILES string of the molecule is CC1=Nc2ccc(C(=O)O)cc2C1C. The van der Waals surface area contributed by atoms with Crippen LogP contribution in [0.25, 0.3) is 0 Å². The van der Waals surface area contributed by atoms with Crippen LogP contribution in [0.1, 0.15) is 35.7 Å². The van der Waals surface area contributed by atoms with Gasteiger partial charge in [-0.05, 0) is 30.7 Å². The van der Waals surface area contributed by atoms with Crippen LogP contribution in [0.2, 0.25) is 0 Å². The van der Waals surface area contributed by atoms with Gasteiger partial charge in [0.2, 0.25) is 0 Å². The lowest BCUT2D eigenvalue weighted by atomic mass is 9.97. The van der Waals surface area contributed by atoms with E-state index in [4.69, 9.17) is 5.11 Å². The lowest BCUT2D eigenvalue weighted by molar-refractivity contribution is 0.0697. The van der Waals surface area contributed by atoms with E-state index < -0.39 is 5.97 Å². The Hall–Kier alpha value is -1.64. The summed E-state index contributed by atoms with van der Waals surface area (Å²) in [6.45, 7) is 4.00. The van der Waals surface area contributed by atoms with Gasteiger partial charge in [-0.3, -0.25) is 4.99 Å². The molecule has 1 aliphatic heterocycles. The number of carbonyl (C=O) groups is 1. The molecule has 0 saturated heterocycles. The van der Waals surface area contributed by atoms with Crippen LogP contribution in [-0.2, 0) is 0 Å². The van der Waals surface area contributed by atoms with E-state index in [1.54, 1.807) is 18.2 Å². The van der Waals surface area contributed by atoms with Crippen LogP contribution in [0.4, 0.5) is 5.69 Å². The average Bonchev–Trinajstić information content (AvgIpc) is 2.43. The summed E-state index contributed by atoms with van der Waals surface area (Å²) in [4.78, 5) is 15.1. The summed E-state index contributed by atoms with van der Waals surface area (Å²) in [5.41, 5.74) is 3.30. The van der Waals surface area contributed by atoms with Crippen molar-refractivity contribution in [3.8, 4) is 0 Å². The highest BCUT2D eigenvalue weighted by Crippen LogP contribution is 2.35. The smallest absolute Gasteiger partial charge is 0.335 e. The van der Waals surface area contributed by atoms with Gasteiger partial charge in [-0.1, -0.05) is 6.92 Å². The highest BCUT2D eigenvalue weighted by molar-refractivity contribution is 5.97. The van der Waals surface area contributed by atoms with Crippen LogP contribution in [-0.4, -0.2) is 16.8 Å². The molecule has 72 valence electrons. The molecule has 0 aliphatic carbocycles. The molecule has 1 aromatic rings. The maximum absolute atomic E-state index is 10.8. The predicted molar refractivity (Wildman–Crippen MR) is 54.6 cm³/mol. The molecule has 0 radical (unpaired) electrons. The number of aromatic carboxylic acids is 1. The lowest BCUT2D eigenvalue weighted by Crippen LogP contribution is -2.01. The van der Waals surface area contributed by atoms with Crippen molar-refractivity contribution >= 4 is 17.4 Å². The summed E-state index contributed by atoms with van der Waals surface area (Å²) in [5, 5.41) is 8.83. The van der Waals surface area contributed by atoms with Crippen LogP contribution in [0.3, 0.4) is 0 Å². The second-order valence-electron chi connectivity index (χ2n) is 3.55. The van der Waals surface area contributed by atoms with E-state index in [2.05, 4.69) is 4.99 Å². The lowest BCUT2D eigenvalue weighted by Gasteiger charge is -2.05. The molecule has 3 nitrogen and oxygen atoms in total. The largest absolute Gasteiger partial charge is 0.478 e. The summed E-state index contributed by atoms with van der Waals surface area (Å²) < 4.78 is 0.